The summed E-state index contributed by atoms with van der Waals surface area (Å²) < 4.78 is 0. The van der Waals surface area contributed by atoms with Gasteiger partial charge in [-0.1, -0.05) is 6.07 Å². The van der Waals surface area contributed by atoms with Crippen molar-refractivity contribution in [1.82, 2.24) is 10.3 Å². The number of nitrogens with one attached hydrogen (secondary N) is 1. The van der Waals surface area contributed by atoms with E-state index in [-0.39, 0.29) is 12.6 Å². The molecule has 2 aliphatic rings. The van der Waals surface area contributed by atoms with Crippen LogP contribution in [-0.4, -0.2) is 35.3 Å². The molecule has 1 aliphatic heterocycles. The number of nitrogens with zero attached hydrogens (tertiary/aromatic N) is 2. The second kappa shape index (κ2) is 5.88. The van der Waals surface area contributed by atoms with E-state index in [4.69, 9.17) is 0 Å². The molecule has 1 saturated heterocycles. The number of anilines is 1. The van der Waals surface area contributed by atoms with E-state index in [0.717, 1.165) is 31.4 Å². The fraction of sp³-hybridized carbons (Fsp3) is 0.667. The van der Waals surface area contributed by atoms with Gasteiger partial charge in [0, 0.05) is 25.3 Å². The molecule has 19 heavy (non-hydrogen) atoms. The number of hydrogen-bond acceptors (Lipinski definition) is 4. The molecule has 0 bridgehead atoms. The minimum Gasteiger partial charge on any atom is -0.394 e. The number of piperidine rings is 1. The number of aromatic nitrogens is 1. The first-order valence-electron chi connectivity index (χ1n) is 7.42. The van der Waals surface area contributed by atoms with Gasteiger partial charge in [-0.15, -0.1) is 0 Å². The maximum Gasteiger partial charge on any atom is 0.128 e. The highest BCUT2D eigenvalue weighted by atomic mass is 16.3. The molecule has 1 unspecified atom stereocenters. The Balaban J connectivity index is 1.62. The number of aliphatic hydroxyl groups is 1. The van der Waals surface area contributed by atoms with Gasteiger partial charge in [-0.05, 0) is 43.7 Å². The first kappa shape index (κ1) is 12.9. The van der Waals surface area contributed by atoms with Crippen LogP contribution in [0.2, 0.25) is 0 Å². The van der Waals surface area contributed by atoms with Crippen LogP contribution in [0.15, 0.2) is 18.3 Å². The molecule has 2 N–H and O–H groups in total. The van der Waals surface area contributed by atoms with Crippen molar-refractivity contribution < 1.29 is 5.11 Å². The number of hydrogen-bond donors (Lipinski definition) is 2. The van der Waals surface area contributed by atoms with E-state index in [1.807, 2.05) is 6.20 Å². The molecule has 0 spiro atoms. The van der Waals surface area contributed by atoms with Crippen molar-refractivity contribution in [3.05, 3.63) is 23.9 Å². The van der Waals surface area contributed by atoms with Gasteiger partial charge in [-0.25, -0.2) is 4.98 Å². The SMILES string of the molecule is OCC1CCCCN1c1ccc(CNC2CC2)cn1. The zero-order chi connectivity index (χ0) is 13.1. The van der Waals surface area contributed by atoms with Crippen LogP contribution < -0.4 is 10.2 Å². The molecular weight excluding hydrogens is 238 g/mol. The van der Waals surface area contributed by atoms with Gasteiger partial charge in [0.2, 0.25) is 0 Å². The summed E-state index contributed by atoms with van der Waals surface area (Å²) in [4.78, 5) is 6.83. The maximum atomic E-state index is 9.45. The Morgan fingerprint density at radius 2 is 2.16 bits per heavy atom. The quantitative estimate of drug-likeness (QED) is 0.847. The smallest absolute Gasteiger partial charge is 0.128 e. The summed E-state index contributed by atoms with van der Waals surface area (Å²) in [5.74, 6) is 1.01. The second-order valence-electron chi connectivity index (χ2n) is 5.71. The molecule has 1 aromatic rings. The Labute approximate surface area is 114 Å². The summed E-state index contributed by atoms with van der Waals surface area (Å²) in [6, 6.07) is 5.23. The molecule has 0 radical (unpaired) electrons. The summed E-state index contributed by atoms with van der Waals surface area (Å²) in [5, 5.41) is 12.9. The lowest BCUT2D eigenvalue weighted by atomic mass is 10.0. The third-order valence-corrected chi connectivity index (χ3v) is 4.11. The molecule has 4 heteroatoms. The van der Waals surface area contributed by atoms with Gasteiger partial charge in [-0.2, -0.15) is 0 Å². The van der Waals surface area contributed by atoms with E-state index in [0.29, 0.717) is 0 Å². The predicted molar refractivity (Wildman–Crippen MR) is 76.2 cm³/mol. The fourth-order valence-corrected chi connectivity index (χ4v) is 2.73. The normalized spacial score (nSPS) is 23.6. The van der Waals surface area contributed by atoms with Gasteiger partial charge in [0.25, 0.3) is 0 Å². The molecule has 4 nitrogen and oxygen atoms in total. The van der Waals surface area contributed by atoms with E-state index < -0.39 is 0 Å². The lowest BCUT2D eigenvalue weighted by Gasteiger charge is -2.35. The van der Waals surface area contributed by atoms with Crippen LogP contribution in [0.3, 0.4) is 0 Å². The van der Waals surface area contributed by atoms with Crippen LogP contribution in [0, 0.1) is 0 Å². The molecule has 104 valence electrons. The van der Waals surface area contributed by atoms with Crippen LogP contribution in [0.25, 0.3) is 0 Å². The summed E-state index contributed by atoms with van der Waals surface area (Å²) in [5.41, 5.74) is 1.24. The van der Waals surface area contributed by atoms with Crippen LogP contribution in [-0.2, 0) is 6.54 Å². The lowest BCUT2D eigenvalue weighted by Crippen LogP contribution is -2.42. The number of rotatable bonds is 5. The summed E-state index contributed by atoms with van der Waals surface area (Å²) in [6.07, 6.45) is 8.08. The van der Waals surface area contributed by atoms with Gasteiger partial charge in [0.1, 0.15) is 5.82 Å². The average molecular weight is 261 g/mol. The molecule has 3 rings (SSSR count). The first-order chi connectivity index (χ1) is 9.36. The first-order valence-corrected chi connectivity index (χ1v) is 7.42. The second-order valence-corrected chi connectivity index (χ2v) is 5.71. The van der Waals surface area contributed by atoms with Crippen molar-refractivity contribution >= 4 is 5.82 Å². The number of aliphatic hydroxyl groups excluding tert-OH is 1. The molecule has 1 aromatic heterocycles. The van der Waals surface area contributed by atoms with Crippen LogP contribution >= 0.6 is 0 Å². The van der Waals surface area contributed by atoms with Gasteiger partial charge in [-0.3, -0.25) is 0 Å². The molecule has 1 aliphatic carbocycles. The van der Waals surface area contributed by atoms with Gasteiger partial charge < -0.3 is 15.3 Å². The zero-order valence-corrected chi connectivity index (χ0v) is 11.4. The van der Waals surface area contributed by atoms with Crippen molar-refractivity contribution in [2.45, 2.75) is 50.7 Å². The molecule has 0 amide bonds. The number of pyridine rings is 1. The molecule has 1 saturated carbocycles. The van der Waals surface area contributed by atoms with E-state index in [2.05, 4.69) is 27.3 Å². The van der Waals surface area contributed by atoms with Gasteiger partial charge in [0.05, 0.1) is 12.6 Å². The lowest BCUT2D eigenvalue weighted by molar-refractivity contribution is 0.239. The van der Waals surface area contributed by atoms with Gasteiger partial charge >= 0.3 is 0 Å². The van der Waals surface area contributed by atoms with Crippen molar-refractivity contribution in [3.63, 3.8) is 0 Å². The highest BCUT2D eigenvalue weighted by molar-refractivity contribution is 5.41. The van der Waals surface area contributed by atoms with Gasteiger partial charge in [0.15, 0.2) is 0 Å². The largest absolute Gasteiger partial charge is 0.394 e. The molecule has 2 heterocycles. The minimum atomic E-state index is 0.229. The van der Waals surface area contributed by atoms with Crippen molar-refractivity contribution in [2.75, 3.05) is 18.1 Å². The monoisotopic (exact) mass is 261 g/mol. The van der Waals surface area contributed by atoms with Crippen molar-refractivity contribution in [3.8, 4) is 0 Å². The van der Waals surface area contributed by atoms with Crippen molar-refractivity contribution in [1.29, 1.82) is 0 Å². The van der Waals surface area contributed by atoms with E-state index in [1.165, 1.54) is 31.2 Å². The van der Waals surface area contributed by atoms with Crippen LogP contribution in [0.4, 0.5) is 5.82 Å². The van der Waals surface area contributed by atoms with Crippen molar-refractivity contribution in [2.24, 2.45) is 0 Å². The van der Waals surface area contributed by atoms with Crippen LogP contribution in [0.1, 0.15) is 37.7 Å². The summed E-state index contributed by atoms with van der Waals surface area (Å²) >= 11 is 0. The summed E-state index contributed by atoms with van der Waals surface area (Å²) in [6.45, 7) is 2.16. The Bertz CT molecular complexity index is 402. The Kier molecular flexibility index (Phi) is 3.99. The summed E-state index contributed by atoms with van der Waals surface area (Å²) in [7, 11) is 0. The highest BCUT2D eigenvalue weighted by Crippen LogP contribution is 2.23. The molecule has 2 fully saturated rings. The predicted octanol–water partition coefficient (Wildman–Crippen LogP) is 1.68. The Hall–Kier alpha value is -1.13. The van der Waals surface area contributed by atoms with E-state index in [9.17, 15) is 5.11 Å². The fourth-order valence-electron chi connectivity index (χ4n) is 2.73. The molecule has 1 atom stereocenters. The van der Waals surface area contributed by atoms with Crippen LogP contribution in [0.5, 0.6) is 0 Å². The zero-order valence-electron chi connectivity index (χ0n) is 11.4. The molecule has 0 aromatic carbocycles. The third-order valence-electron chi connectivity index (χ3n) is 4.11. The Morgan fingerprint density at radius 3 is 2.84 bits per heavy atom. The standard InChI is InChI=1S/C15H23N3O/c19-11-14-3-1-2-8-18(14)15-7-4-12(10-17-15)9-16-13-5-6-13/h4,7,10,13-14,16,19H,1-3,5-6,8-9,11H2. The topological polar surface area (TPSA) is 48.4 Å². The molecular formula is C15H23N3O. The van der Waals surface area contributed by atoms with E-state index in [1.54, 1.807) is 0 Å². The minimum absolute atomic E-state index is 0.229. The third kappa shape index (κ3) is 3.25. The average Bonchev–Trinajstić information content (AvgIpc) is 3.30. The Morgan fingerprint density at radius 1 is 1.26 bits per heavy atom. The van der Waals surface area contributed by atoms with E-state index >= 15 is 0 Å². The highest BCUT2D eigenvalue weighted by Gasteiger charge is 2.23. The maximum absolute atomic E-state index is 9.45.